The molecule has 0 radical (unpaired) electrons. The Morgan fingerprint density at radius 3 is 2.72 bits per heavy atom. The summed E-state index contributed by atoms with van der Waals surface area (Å²) in [6.45, 7) is 0.859. The summed E-state index contributed by atoms with van der Waals surface area (Å²) in [7, 11) is 0. The van der Waals surface area contributed by atoms with Gasteiger partial charge in [0.05, 0.1) is 12.1 Å². The maximum Gasteiger partial charge on any atom is 0.318 e. The van der Waals surface area contributed by atoms with Gasteiger partial charge in [-0.3, -0.25) is 0 Å². The number of carbonyl (C=O) groups is 2. The Morgan fingerprint density at radius 2 is 2.06 bits per heavy atom. The van der Waals surface area contributed by atoms with Gasteiger partial charge in [-0.1, -0.05) is 30.3 Å². The van der Waals surface area contributed by atoms with Crippen molar-refractivity contribution in [3.8, 4) is 0 Å². The van der Waals surface area contributed by atoms with Crippen molar-refractivity contribution in [3.05, 3.63) is 35.9 Å². The lowest BCUT2D eigenvalue weighted by Crippen LogP contribution is -2.53. The van der Waals surface area contributed by atoms with Gasteiger partial charge >= 0.3 is 6.03 Å². The maximum atomic E-state index is 11.7. The lowest BCUT2D eigenvalue weighted by molar-refractivity contribution is -0.108. The summed E-state index contributed by atoms with van der Waals surface area (Å²) >= 11 is 0. The zero-order valence-electron chi connectivity index (χ0n) is 10.1. The summed E-state index contributed by atoms with van der Waals surface area (Å²) < 4.78 is 0. The normalized spacial score (nSPS) is 30.1. The Hall–Kier alpha value is -1.84. The molecule has 4 nitrogen and oxygen atoms in total. The molecule has 1 aliphatic carbocycles. The van der Waals surface area contributed by atoms with E-state index in [-0.39, 0.29) is 18.1 Å². The van der Waals surface area contributed by atoms with Gasteiger partial charge in [-0.25, -0.2) is 4.79 Å². The van der Waals surface area contributed by atoms with Gasteiger partial charge in [-0.15, -0.1) is 0 Å². The average Bonchev–Trinajstić information content (AvgIpc) is 2.67. The molecule has 1 saturated heterocycles. The minimum absolute atomic E-state index is 0.0966. The Labute approximate surface area is 106 Å². The minimum Gasteiger partial charge on any atom is -0.331 e. The van der Waals surface area contributed by atoms with Crippen molar-refractivity contribution in [3.63, 3.8) is 0 Å². The van der Waals surface area contributed by atoms with Crippen molar-refractivity contribution in [1.29, 1.82) is 0 Å². The second-order valence-corrected chi connectivity index (χ2v) is 5.27. The molecular weight excluding hydrogens is 228 g/mol. The third-order valence-corrected chi connectivity index (χ3v) is 3.99. The average molecular weight is 244 g/mol. The van der Waals surface area contributed by atoms with E-state index in [1.54, 1.807) is 4.90 Å². The first-order valence-corrected chi connectivity index (χ1v) is 6.28. The highest BCUT2D eigenvalue weighted by Gasteiger charge is 2.51. The number of benzene rings is 1. The quantitative estimate of drug-likeness (QED) is 0.820. The van der Waals surface area contributed by atoms with E-state index in [9.17, 15) is 9.59 Å². The van der Waals surface area contributed by atoms with Crippen molar-refractivity contribution >= 4 is 12.3 Å². The van der Waals surface area contributed by atoms with Crippen LogP contribution in [0, 0.1) is 0 Å². The van der Waals surface area contributed by atoms with Crippen LogP contribution in [0.1, 0.15) is 24.3 Å². The van der Waals surface area contributed by atoms with Gasteiger partial charge < -0.3 is 15.0 Å². The lowest BCUT2D eigenvalue weighted by atomic mass is 9.66. The minimum atomic E-state index is -0.103. The molecule has 0 aromatic heterocycles. The van der Waals surface area contributed by atoms with E-state index in [2.05, 4.69) is 17.4 Å². The molecule has 1 heterocycles. The summed E-state index contributed by atoms with van der Waals surface area (Å²) in [5, 5.41) is 3.03. The Kier molecular flexibility index (Phi) is 2.58. The molecule has 0 bridgehead atoms. The zero-order valence-corrected chi connectivity index (χ0v) is 10.1. The van der Waals surface area contributed by atoms with Crippen LogP contribution in [0.25, 0.3) is 0 Å². The molecule has 4 heteroatoms. The second kappa shape index (κ2) is 4.12. The number of aldehydes is 1. The topological polar surface area (TPSA) is 49.4 Å². The Morgan fingerprint density at radius 1 is 1.33 bits per heavy atom. The fraction of sp³-hybridized carbons (Fsp3) is 0.429. The van der Waals surface area contributed by atoms with Crippen molar-refractivity contribution in [1.82, 2.24) is 10.2 Å². The van der Waals surface area contributed by atoms with Gasteiger partial charge in [0, 0.05) is 6.54 Å². The SMILES string of the molecule is O=CCN1CC2(CC(c3ccccc3)C2)NC1=O. The first-order chi connectivity index (χ1) is 8.72. The van der Waals surface area contributed by atoms with E-state index in [4.69, 9.17) is 0 Å². The van der Waals surface area contributed by atoms with Gasteiger partial charge in [-0.05, 0) is 24.3 Å². The van der Waals surface area contributed by atoms with E-state index >= 15 is 0 Å². The fourth-order valence-corrected chi connectivity index (χ4v) is 3.10. The number of nitrogens with one attached hydrogen (secondary N) is 1. The molecule has 1 N–H and O–H groups in total. The van der Waals surface area contributed by atoms with Crippen LogP contribution < -0.4 is 5.32 Å². The number of nitrogens with zero attached hydrogens (tertiary/aromatic N) is 1. The summed E-state index contributed by atoms with van der Waals surface area (Å²) in [4.78, 5) is 23.8. The van der Waals surface area contributed by atoms with E-state index in [1.165, 1.54) is 5.56 Å². The van der Waals surface area contributed by atoms with Crippen LogP contribution in [-0.4, -0.2) is 35.8 Å². The molecule has 1 aromatic rings. The first kappa shape index (κ1) is 11.3. The van der Waals surface area contributed by atoms with Crippen LogP contribution in [0.2, 0.25) is 0 Å². The van der Waals surface area contributed by atoms with Crippen LogP contribution in [0.5, 0.6) is 0 Å². The molecule has 18 heavy (non-hydrogen) atoms. The van der Waals surface area contributed by atoms with E-state index < -0.39 is 0 Å². The first-order valence-electron chi connectivity index (χ1n) is 6.28. The van der Waals surface area contributed by atoms with Crippen LogP contribution >= 0.6 is 0 Å². The summed E-state index contributed by atoms with van der Waals surface area (Å²) in [6.07, 6.45) is 2.72. The molecule has 1 aromatic carbocycles. The molecule has 1 spiro atoms. The highest BCUT2D eigenvalue weighted by atomic mass is 16.2. The molecule has 0 atom stereocenters. The highest BCUT2D eigenvalue weighted by Crippen LogP contribution is 2.46. The molecule has 2 fully saturated rings. The van der Waals surface area contributed by atoms with Gasteiger partial charge in [0.2, 0.25) is 0 Å². The zero-order chi connectivity index (χ0) is 12.6. The molecule has 0 unspecified atom stereocenters. The standard InChI is InChI=1S/C14H16N2O2/c17-7-6-16-10-14(15-13(16)18)8-12(9-14)11-4-2-1-3-5-11/h1-5,7,12H,6,8-10H2,(H,15,18). The Balaban J connectivity index is 1.65. The largest absolute Gasteiger partial charge is 0.331 e. The van der Waals surface area contributed by atoms with E-state index in [0.29, 0.717) is 12.5 Å². The Bertz CT molecular complexity index is 466. The van der Waals surface area contributed by atoms with Gasteiger partial charge in [0.15, 0.2) is 0 Å². The van der Waals surface area contributed by atoms with Crippen LogP contribution in [0.3, 0.4) is 0 Å². The van der Waals surface area contributed by atoms with Crippen molar-refractivity contribution in [2.75, 3.05) is 13.1 Å². The van der Waals surface area contributed by atoms with Crippen LogP contribution in [0.4, 0.5) is 4.79 Å². The second-order valence-electron chi connectivity index (χ2n) is 5.27. The van der Waals surface area contributed by atoms with Crippen molar-refractivity contribution in [2.45, 2.75) is 24.3 Å². The van der Waals surface area contributed by atoms with Crippen molar-refractivity contribution < 1.29 is 9.59 Å². The van der Waals surface area contributed by atoms with Crippen molar-refractivity contribution in [2.24, 2.45) is 0 Å². The maximum absolute atomic E-state index is 11.7. The number of amides is 2. The molecule has 94 valence electrons. The molecular formula is C14H16N2O2. The van der Waals surface area contributed by atoms with Crippen LogP contribution in [-0.2, 0) is 4.79 Å². The van der Waals surface area contributed by atoms with E-state index in [0.717, 1.165) is 19.1 Å². The number of hydrogen-bond acceptors (Lipinski definition) is 2. The summed E-state index contributed by atoms with van der Waals surface area (Å²) in [5.41, 5.74) is 1.24. The molecule has 3 rings (SSSR count). The van der Waals surface area contributed by atoms with Gasteiger partial charge in [0.1, 0.15) is 6.29 Å². The molecule has 2 amide bonds. The summed E-state index contributed by atoms with van der Waals surface area (Å²) in [5.74, 6) is 0.530. The van der Waals surface area contributed by atoms with Gasteiger partial charge in [-0.2, -0.15) is 0 Å². The number of urea groups is 1. The predicted molar refractivity (Wildman–Crippen MR) is 67.3 cm³/mol. The van der Waals surface area contributed by atoms with E-state index in [1.807, 2.05) is 18.2 Å². The number of rotatable bonds is 3. The smallest absolute Gasteiger partial charge is 0.318 e. The third-order valence-electron chi connectivity index (χ3n) is 3.99. The summed E-state index contributed by atoms with van der Waals surface area (Å²) in [6, 6.07) is 10.3. The number of carbonyl (C=O) groups excluding carboxylic acids is 2. The number of hydrogen-bond donors (Lipinski definition) is 1. The predicted octanol–water partition coefficient (Wildman–Crippen LogP) is 1.53. The highest BCUT2D eigenvalue weighted by molar-refractivity contribution is 5.80. The molecule has 2 aliphatic rings. The third kappa shape index (κ3) is 1.78. The van der Waals surface area contributed by atoms with Gasteiger partial charge in [0.25, 0.3) is 0 Å². The monoisotopic (exact) mass is 244 g/mol. The molecule has 1 aliphatic heterocycles. The van der Waals surface area contributed by atoms with Crippen LogP contribution in [0.15, 0.2) is 30.3 Å². The fourth-order valence-electron chi connectivity index (χ4n) is 3.10. The molecule has 1 saturated carbocycles. The lowest BCUT2D eigenvalue weighted by Gasteiger charge is -2.44.